The Morgan fingerprint density at radius 1 is 1.00 bits per heavy atom. The number of amides is 2. The quantitative estimate of drug-likeness (QED) is 0.594. The number of methoxy groups -OCH3 is 1. The molecule has 1 fully saturated rings. The van der Waals surface area contributed by atoms with E-state index >= 15 is 0 Å². The Hall–Kier alpha value is -3.22. The van der Waals surface area contributed by atoms with Crippen molar-refractivity contribution in [2.75, 3.05) is 40.5 Å². The molecule has 3 rings (SSSR count). The van der Waals surface area contributed by atoms with E-state index in [9.17, 15) is 9.59 Å². The lowest BCUT2D eigenvalue weighted by atomic mass is 10.1. The average Bonchev–Trinajstić information content (AvgIpc) is 2.83. The number of benzene rings is 2. The Morgan fingerprint density at radius 2 is 1.78 bits per heavy atom. The van der Waals surface area contributed by atoms with E-state index in [4.69, 9.17) is 14.2 Å². The molecule has 1 saturated heterocycles. The van der Waals surface area contributed by atoms with E-state index in [1.807, 2.05) is 36.1 Å². The first-order valence-electron chi connectivity index (χ1n) is 11.1. The molecule has 1 aliphatic rings. The number of ether oxygens (including phenoxy) is 3. The first-order valence-corrected chi connectivity index (χ1v) is 11.1. The molecule has 0 spiro atoms. The van der Waals surface area contributed by atoms with Crippen molar-refractivity contribution in [2.45, 2.75) is 32.7 Å². The molecule has 0 bridgehead atoms. The maximum absolute atomic E-state index is 13.0. The van der Waals surface area contributed by atoms with Gasteiger partial charge in [-0.25, -0.2) is 0 Å². The van der Waals surface area contributed by atoms with Crippen LogP contribution in [0.25, 0.3) is 0 Å². The standard InChI is InChI=1S/C25H32N2O5/c1-4-31-23-16-20(25(29)26(2)17-19-9-8-10-21(15-19)30-3)11-12-22(23)32-18-24(28)27-13-6-5-7-14-27/h8-12,15-16H,4-7,13-14,17-18H2,1-3H3. The zero-order valence-electron chi connectivity index (χ0n) is 19.1. The average molecular weight is 441 g/mol. The largest absolute Gasteiger partial charge is 0.497 e. The molecule has 0 aliphatic carbocycles. The summed E-state index contributed by atoms with van der Waals surface area (Å²) in [6.07, 6.45) is 3.24. The smallest absolute Gasteiger partial charge is 0.260 e. The third-order valence-electron chi connectivity index (χ3n) is 5.45. The van der Waals surface area contributed by atoms with E-state index in [0.29, 0.717) is 30.2 Å². The second-order valence-electron chi connectivity index (χ2n) is 7.84. The first kappa shape index (κ1) is 23.4. The molecule has 2 aromatic rings. The van der Waals surface area contributed by atoms with Crippen LogP contribution in [0.5, 0.6) is 17.2 Å². The number of piperidine rings is 1. The molecule has 32 heavy (non-hydrogen) atoms. The number of hydrogen-bond acceptors (Lipinski definition) is 5. The van der Waals surface area contributed by atoms with E-state index in [2.05, 4.69) is 0 Å². The fraction of sp³-hybridized carbons (Fsp3) is 0.440. The SMILES string of the molecule is CCOc1cc(C(=O)N(C)Cc2cccc(OC)c2)ccc1OCC(=O)N1CCCCC1. The van der Waals surface area contributed by atoms with Crippen molar-refractivity contribution in [3.63, 3.8) is 0 Å². The van der Waals surface area contributed by atoms with E-state index in [-0.39, 0.29) is 18.4 Å². The Bertz CT molecular complexity index is 924. The van der Waals surface area contributed by atoms with Gasteiger partial charge in [0, 0.05) is 32.2 Å². The summed E-state index contributed by atoms with van der Waals surface area (Å²) < 4.78 is 16.7. The van der Waals surface area contributed by atoms with Gasteiger partial charge in [-0.2, -0.15) is 0 Å². The minimum absolute atomic E-state index is 0.0228. The Morgan fingerprint density at radius 3 is 2.50 bits per heavy atom. The van der Waals surface area contributed by atoms with Crippen LogP contribution in [0, 0.1) is 0 Å². The molecule has 172 valence electrons. The highest BCUT2D eigenvalue weighted by Crippen LogP contribution is 2.29. The highest BCUT2D eigenvalue weighted by molar-refractivity contribution is 5.94. The molecule has 7 heteroatoms. The second-order valence-corrected chi connectivity index (χ2v) is 7.84. The van der Waals surface area contributed by atoms with Crippen molar-refractivity contribution in [1.82, 2.24) is 9.80 Å². The highest BCUT2D eigenvalue weighted by atomic mass is 16.5. The van der Waals surface area contributed by atoms with Gasteiger partial charge in [-0.3, -0.25) is 9.59 Å². The molecule has 2 aromatic carbocycles. The van der Waals surface area contributed by atoms with E-state index < -0.39 is 0 Å². The molecule has 0 aromatic heterocycles. The van der Waals surface area contributed by atoms with E-state index in [1.54, 1.807) is 37.3 Å². The number of carbonyl (C=O) groups is 2. The Balaban J connectivity index is 1.66. The summed E-state index contributed by atoms with van der Waals surface area (Å²) in [4.78, 5) is 28.9. The van der Waals surface area contributed by atoms with Gasteiger partial charge in [0.25, 0.3) is 11.8 Å². The van der Waals surface area contributed by atoms with Crippen molar-refractivity contribution < 1.29 is 23.8 Å². The maximum atomic E-state index is 13.0. The second kappa shape index (κ2) is 11.4. The van der Waals surface area contributed by atoms with Gasteiger partial charge in [0.2, 0.25) is 0 Å². The minimum atomic E-state index is -0.135. The Labute approximate surface area is 189 Å². The van der Waals surface area contributed by atoms with Gasteiger partial charge in [-0.05, 0) is 62.1 Å². The zero-order valence-corrected chi connectivity index (χ0v) is 19.1. The molecule has 0 saturated carbocycles. The molecular formula is C25H32N2O5. The molecule has 0 radical (unpaired) electrons. The summed E-state index contributed by atoms with van der Waals surface area (Å²) >= 11 is 0. The predicted molar refractivity (Wildman–Crippen MR) is 122 cm³/mol. The van der Waals surface area contributed by atoms with E-state index in [0.717, 1.165) is 37.2 Å². The number of nitrogens with zero attached hydrogens (tertiary/aromatic N) is 2. The van der Waals surface area contributed by atoms with Crippen LogP contribution in [-0.2, 0) is 11.3 Å². The lowest BCUT2D eigenvalue weighted by Crippen LogP contribution is -2.38. The summed E-state index contributed by atoms with van der Waals surface area (Å²) in [5, 5.41) is 0. The summed E-state index contributed by atoms with van der Waals surface area (Å²) in [5.41, 5.74) is 1.47. The van der Waals surface area contributed by atoms with Crippen LogP contribution < -0.4 is 14.2 Å². The first-order chi connectivity index (χ1) is 15.5. The third kappa shape index (κ3) is 6.15. The van der Waals surface area contributed by atoms with Gasteiger partial charge in [0.15, 0.2) is 18.1 Å². The van der Waals surface area contributed by atoms with Crippen LogP contribution in [0.3, 0.4) is 0 Å². The van der Waals surface area contributed by atoms with Gasteiger partial charge >= 0.3 is 0 Å². The minimum Gasteiger partial charge on any atom is -0.497 e. The van der Waals surface area contributed by atoms with Crippen molar-refractivity contribution >= 4 is 11.8 Å². The maximum Gasteiger partial charge on any atom is 0.260 e. The lowest BCUT2D eigenvalue weighted by molar-refractivity contribution is -0.134. The van der Waals surface area contributed by atoms with Crippen molar-refractivity contribution in [3.8, 4) is 17.2 Å². The monoisotopic (exact) mass is 440 g/mol. The fourth-order valence-electron chi connectivity index (χ4n) is 3.74. The molecule has 0 atom stereocenters. The van der Waals surface area contributed by atoms with Crippen molar-refractivity contribution in [1.29, 1.82) is 0 Å². The third-order valence-corrected chi connectivity index (χ3v) is 5.45. The predicted octanol–water partition coefficient (Wildman–Crippen LogP) is 3.76. The van der Waals surface area contributed by atoms with Crippen LogP contribution in [0.15, 0.2) is 42.5 Å². The molecule has 7 nitrogen and oxygen atoms in total. The van der Waals surface area contributed by atoms with Crippen LogP contribution >= 0.6 is 0 Å². The molecule has 2 amide bonds. The number of carbonyl (C=O) groups excluding carboxylic acids is 2. The summed E-state index contributed by atoms with van der Waals surface area (Å²) in [5.74, 6) is 1.52. The van der Waals surface area contributed by atoms with Crippen molar-refractivity contribution in [3.05, 3.63) is 53.6 Å². The van der Waals surface area contributed by atoms with Crippen LogP contribution in [0.4, 0.5) is 0 Å². The fourth-order valence-corrected chi connectivity index (χ4v) is 3.74. The topological polar surface area (TPSA) is 68.3 Å². The van der Waals surface area contributed by atoms with Gasteiger partial charge in [0.05, 0.1) is 13.7 Å². The summed E-state index contributed by atoms with van der Waals surface area (Å²) in [7, 11) is 3.37. The lowest BCUT2D eigenvalue weighted by Gasteiger charge is -2.26. The van der Waals surface area contributed by atoms with Gasteiger partial charge in [-0.15, -0.1) is 0 Å². The molecule has 1 aliphatic heterocycles. The van der Waals surface area contributed by atoms with Crippen molar-refractivity contribution in [2.24, 2.45) is 0 Å². The van der Waals surface area contributed by atoms with Gasteiger partial charge < -0.3 is 24.0 Å². The molecule has 0 unspecified atom stereocenters. The van der Waals surface area contributed by atoms with Crippen LogP contribution in [0.2, 0.25) is 0 Å². The summed E-state index contributed by atoms with van der Waals surface area (Å²) in [6, 6.07) is 12.7. The number of likely N-dealkylation sites (tertiary alicyclic amines) is 1. The summed E-state index contributed by atoms with van der Waals surface area (Å²) in [6.45, 7) is 4.27. The number of rotatable bonds is 9. The van der Waals surface area contributed by atoms with Crippen LogP contribution in [0.1, 0.15) is 42.1 Å². The molecule has 1 heterocycles. The van der Waals surface area contributed by atoms with E-state index in [1.165, 1.54) is 6.42 Å². The van der Waals surface area contributed by atoms with Crippen LogP contribution in [-0.4, -0.2) is 62.1 Å². The van der Waals surface area contributed by atoms with Gasteiger partial charge in [-0.1, -0.05) is 12.1 Å². The normalized spacial score (nSPS) is 13.4. The molecular weight excluding hydrogens is 408 g/mol. The van der Waals surface area contributed by atoms with Gasteiger partial charge in [0.1, 0.15) is 5.75 Å². The molecule has 0 N–H and O–H groups in total. The zero-order chi connectivity index (χ0) is 22.9. The Kier molecular flexibility index (Phi) is 8.36. The highest BCUT2D eigenvalue weighted by Gasteiger charge is 2.19. The number of hydrogen-bond donors (Lipinski definition) is 0.